The molecule has 0 saturated carbocycles. The highest BCUT2D eigenvalue weighted by Crippen LogP contribution is 2.18. The number of aryl methyl sites for hydroxylation is 1. The van der Waals surface area contributed by atoms with Crippen LogP contribution in [0.2, 0.25) is 0 Å². The fourth-order valence-corrected chi connectivity index (χ4v) is 2.60. The molecule has 0 atom stereocenters. The van der Waals surface area contributed by atoms with E-state index in [4.69, 9.17) is 5.73 Å². The smallest absolute Gasteiger partial charge is 0.232 e. The summed E-state index contributed by atoms with van der Waals surface area (Å²) in [7, 11) is 1.94. The van der Waals surface area contributed by atoms with Gasteiger partial charge in [-0.1, -0.05) is 30.3 Å². The third-order valence-corrected chi connectivity index (χ3v) is 3.87. The zero-order chi connectivity index (χ0) is 18.5. The number of hydrogen-bond acceptors (Lipinski definition) is 6. The van der Waals surface area contributed by atoms with E-state index in [0.29, 0.717) is 24.9 Å². The average molecular weight is 352 g/mol. The van der Waals surface area contributed by atoms with Gasteiger partial charge in [0.25, 0.3) is 0 Å². The van der Waals surface area contributed by atoms with Crippen LogP contribution in [-0.2, 0) is 13.1 Å². The zero-order valence-corrected chi connectivity index (χ0v) is 14.8. The van der Waals surface area contributed by atoms with Crippen LogP contribution in [-0.4, -0.2) is 26.9 Å². The van der Waals surface area contributed by atoms with Gasteiger partial charge >= 0.3 is 0 Å². The van der Waals surface area contributed by atoms with Crippen molar-refractivity contribution < 1.29 is 4.39 Å². The van der Waals surface area contributed by atoms with Gasteiger partial charge in [-0.2, -0.15) is 15.0 Å². The van der Waals surface area contributed by atoms with E-state index < -0.39 is 0 Å². The standard InChI is InChI=1S/C19H21FN6/c1-13-5-3-4-6-16(13)22-19-24-17(23-18(21)25-19)12-26(2)11-14-7-9-15(20)10-8-14/h3-10H,11-12H2,1-2H3,(H3,21,22,23,24,25). The summed E-state index contributed by atoms with van der Waals surface area (Å²) in [5, 5.41) is 3.18. The average Bonchev–Trinajstić information content (AvgIpc) is 2.58. The van der Waals surface area contributed by atoms with Crippen LogP contribution in [0.4, 0.5) is 22.0 Å². The largest absolute Gasteiger partial charge is 0.368 e. The molecule has 134 valence electrons. The number of nitrogens with two attached hydrogens (primary N) is 1. The van der Waals surface area contributed by atoms with Crippen LogP contribution in [0.1, 0.15) is 17.0 Å². The normalized spacial score (nSPS) is 10.9. The van der Waals surface area contributed by atoms with Gasteiger partial charge in [-0.05, 0) is 43.3 Å². The molecule has 0 aliphatic rings. The van der Waals surface area contributed by atoms with Gasteiger partial charge in [-0.15, -0.1) is 0 Å². The van der Waals surface area contributed by atoms with Gasteiger partial charge < -0.3 is 11.1 Å². The lowest BCUT2D eigenvalue weighted by atomic mass is 10.2. The van der Waals surface area contributed by atoms with Crippen molar-refractivity contribution in [2.75, 3.05) is 18.1 Å². The number of halogens is 1. The molecule has 7 heteroatoms. The lowest BCUT2D eigenvalue weighted by molar-refractivity contribution is 0.310. The summed E-state index contributed by atoms with van der Waals surface area (Å²) in [4.78, 5) is 14.8. The van der Waals surface area contributed by atoms with Crippen LogP contribution in [0.25, 0.3) is 0 Å². The van der Waals surface area contributed by atoms with E-state index in [1.165, 1.54) is 12.1 Å². The highest BCUT2D eigenvalue weighted by molar-refractivity contribution is 5.58. The Labute approximate surface area is 151 Å². The molecule has 3 aromatic rings. The first kappa shape index (κ1) is 17.8. The quantitative estimate of drug-likeness (QED) is 0.709. The number of anilines is 3. The molecule has 0 unspecified atom stereocenters. The Balaban J connectivity index is 1.70. The van der Waals surface area contributed by atoms with Gasteiger partial charge in [-0.3, -0.25) is 4.90 Å². The molecule has 1 aromatic heterocycles. The summed E-state index contributed by atoms with van der Waals surface area (Å²) in [5.74, 6) is 0.907. The second-order valence-electron chi connectivity index (χ2n) is 6.17. The third kappa shape index (κ3) is 4.73. The number of para-hydroxylation sites is 1. The van der Waals surface area contributed by atoms with Gasteiger partial charge in [-0.25, -0.2) is 4.39 Å². The summed E-state index contributed by atoms with van der Waals surface area (Å²) >= 11 is 0. The number of aromatic nitrogens is 3. The molecule has 0 amide bonds. The van der Waals surface area contributed by atoms with Crippen molar-refractivity contribution in [2.24, 2.45) is 0 Å². The van der Waals surface area contributed by atoms with Crippen LogP contribution < -0.4 is 11.1 Å². The molecule has 0 saturated heterocycles. The van der Waals surface area contributed by atoms with E-state index in [0.717, 1.165) is 16.8 Å². The minimum absolute atomic E-state index is 0.168. The maximum absolute atomic E-state index is 13.0. The molecule has 1 heterocycles. The predicted molar refractivity (Wildman–Crippen MR) is 100 cm³/mol. The summed E-state index contributed by atoms with van der Waals surface area (Å²) < 4.78 is 13.0. The maximum atomic E-state index is 13.0. The molecule has 3 N–H and O–H groups in total. The third-order valence-electron chi connectivity index (χ3n) is 3.87. The Morgan fingerprint density at radius 1 is 1.00 bits per heavy atom. The highest BCUT2D eigenvalue weighted by Gasteiger charge is 2.09. The van der Waals surface area contributed by atoms with E-state index in [2.05, 4.69) is 20.3 Å². The monoisotopic (exact) mass is 352 g/mol. The van der Waals surface area contributed by atoms with Gasteiger partial charge in [0.15, 0.2) is 0 Å². The van der Waals surface area contributed by atoms with Gasteiger partial charge in [0.05, 0.1) is 6.54 Å². The molecular formula is C19H21FN6. The predicted octanol–water partition coefficient (Wildman–Crippen LogP) is 3.28. The Morgan fingerprint density at radius 2 is 1.73 bits per heavy atom. The lowest BCUT2D eigenvalue weighted by Crippen LogP contribution is -2.20. The van der Waals surface area contributed by atoms with E-state index in [9.17, 15) is 4.39 Å². The zero-order valence-electron chi connectivity index (χ0n) is 14.8. The van der Waals surface area contributed by atoms with E-state index >= 15 is 0 Å². The molecule has 0 spiro atoms. The van der Waals surface area contributed by atoms with Gasteiger partial charge in [0.2, 0.25) is 11.9 Å². The number of rotatable bonds is 6. The molecule has 3 rings (SSSR count). The van der Waals surface area contributed by atoms with Crippen LogP contribution in [0.15, 0.2) is 48.5 Å². The molecule has 6 nitrogen and oxygen atoms in total. The van der Waals surface area contributed by atoms with Crippen molar-refractivity contribution in [1.29, 1.82) is 0 Å². The molecule has 0 radical (unpaired) electrons. The van der Waals surface area contributed by atoms with E-state index in [1.807, 2.05) is 43.1 Å². The van der Waals surface area contributed by atoms with E-state index in [-0.39, 0.29) is 11.8 Å². The molecule has 0 aliphatic carbocycles. The van der Waals surface area contributed by atoms with Gasteiger partial charge in [0.1, 0.15) is 11.6 Å². The highest BCUT2D eigenvalue weighted by atomic mass is 19.1. The summed E-state index contributed by atoms with van der Waals surface area (Å²) in [5.41, 5.74) is 8.85. The molecule has 2 aromatic carbocycles. The van der Waals surface area contributed by atoms with Gasteiger partial charge in [0, 0.05) is 12.2 Å². The number of benzene rings is 2. The molecule has 0 aliphatic heterocycles. The number of hydrogen-bond donors (Lipinski definition) is 2. The fourth-order valence-electron chi connectivity index (χ4n) is 2.60. The van der Waals surface area contributed by atoms with Crippen LogP contribution >= 0.6 is 0 Å². The minimum Gasteiger partial charge on any atom is -0.368 e. The first-order chi connectivity index (χ1) is 12.5. The second-order valence-corrected chi connectivity index (χ2v) is 6.17. The lowest BCUT2D eigenvalue weighted by Gasteiger charge is -2.16. The van der Waals surface area contributed by atoms with Crippen LogP contribution in [0.3, 0.4) is 0 Å². The van der Waals surface area contributed by atoms with Crippen LogP contribution in [0.5, 0.6) is 0 Å². The summed E-state index contributed by atoms with van der Waals surface area (Å²) in [6, 6.07) is 14.3. The molecule has 0 fully saturated rings. The Morgan fingerprint density at radius 3 is 2.46 bits per heavy atom. The minimum atomic E-state index is -0.242. The van der Waals surface area contributed by atoms with Crippen molar-refractivity contribution in [2.45, 2.75) is 20.0 Å². The number of nitrogen functional groups attached to an aromatic ring is 1. The summed E-state index contributed by atoms with van der Waals surface area (Å²) in [6.45, 7) is 3.14. The maximum Gasteiger partial charge on any atom is 0.232 e. The Kier molecular flexibility index (Phi) is 5.38. The van der Waals surface area contributed by atoms with Crippen molar-refractivity contribution in [3.05, 3.63) is 71.3 Å². The van der Waals surface area contributed by atoms with Crippen molar-refractivity contribution in [3.63, 3.8) is 0 Å². The number of nitrogens with one attached hydrogen (secondary N) is 1. The van der Waals surface area contributed by atoms with Crippen LogP contribution in [0, 0.1) is 12.7 Å². The Bertz CT molecular complexity index is 881. The SMILES string of the molecule is Cc1ccccc1Nc1nc(N)nc(CN(C)Cc2ccc(F)cc2)n1. The topological polar surface area (TPSA) is 80.0 Å². The summed E-state index contributed by atoms with van der Waals surface area (Å²) in [6.07, 6.45) is 0. The van der Waals surface area contributed by atoms with Crippen molar-refractivity contribution >= 4 is 17.6 Å². The first-order valence-electron chi connectivity index (χ1n) is 8.25. The number of nitrogens with zero attached hydrogens (tertiary/aromatic N) is 4. The molecule has 26 heavy (non-hydrogen) atoms. The molecular weight excluding hydrogens is 331 g/mol. The second kappa shape index (κ2) is 7.88. The van der Waals surface area contributed by atoms with Crippen molar-refractivity contribution in [1.82, 2.24) is 19.9 Å². The Hall–Kier alpha value is -3.06. The molecule has 0 bridgehead atoms. The first-order valence-corrected chi connectivity index (χ1v) is 8.25. The van der Waals surface area contributed by atoms with Crippen molar-refractivity contribution in [3.8, 4) is 0 Å². The van der Waals surface area contributed by atoms with E-state index in [1.54, 1.807) is 12.1 Å². The fraction of sp³-hybridized carbons (Fsp3) is 0.211.